The minimum atomic E-state index is -2.12. The molecule has 11 N–H and O–H groups in total. The molecule has 2 aliphatic rings. The SMILES string of the molecule is CC(=O)N(O)CCC[C@H](N)C(=O)N(C(=O)[C@H](c1ccc(O)cc1)N(C(=O)[C@@H](N)CCCN(O)C(C)=O)C1C(=O)N2C(C(=O)O)=C(Cl)CC[C@H]12)C(=O)[C@@H](N)CCCN(O)C(C)=O. The van der Waals surface area contributed by atoms with E-state index in [0.29, 0.717) is 15.2 Å². The van der Waals surface area contributed by atoms with Crippen LogP contribution in [0.4, 0.5) is 0 Å². The van der Waals surface area contributed by atoms with Crippen LogP contribution in [0.2, 0.25) is 0 Å². The molecule has 336 valence electrons. The zero-order valence-electron chi connectivity index (χ0n) is 33.8. The normalized spacial score (nSPS) is 17.8. The van der Waals surface area contributed by atoms with Gasteiger partial charge in [-0.3, -0.25) is 58.9 Å². The van der Waals surface area contributed by atoms with Gasteiger partial charge in [-0.15, -0.1) is 0 Å². The molecular formula is C37H52ClN9O14. The van der Waals surface area contributed by atoms with Crippen LogP contribution in [0, 0.1) is 0 Å². The Hall–Kier alpha value is -5.56. The number of fused-ring (bicyclic) bond motifs is 1. The van der Waals surface area contributed by atoms with E-state index < -0.39 is 95.2 Å². The summed E-state index contributed by atoms with van der Waals surface area (Å²) in [5, 5.41) is 50.6. The van der Waals surface area contributed by atoms with Gasteiger partial charge in [0.25, 0.3) is 23.6 Å². The lowest BCUT2D eigenvalue weighted by molar-refractivity contribution is -0.174. The number of hydrogen-bond acceptors (Lipinski definition) is 16. The van der Waals surface area contributed by atoms with Gasteiger partial charge in [0.2, 0.25) is 23.6 Å². The second kappa shape index (κ2) is 21.8. The molecule has 0 bridgehead atoms. The monoisotopic (exact) mass is 881 g/mol. The maximum atomic E-state index is 15.2. The van der Waals surface area contributed by atoms with Crippen LogP contribution in [0.15, 0.2) is 35.0 Å². The lowest BCUT2D eigenvalue weighted by Crippen LogP contribution is -2.74. The third kappa shape index (κ3) is 12.1. The number of nitrogens with two attached hydrogens (primary N) is 3. The number of β-lactam (4-membered cyclic amide) rings is 1. The Morgan fingerprint density at radius 1 is 0.721 bits per heavy atom. The van der Waals surface area contributed by atoms with Crippen molar-refractivity contribution < 1.29 is 69.0 Å². The quantitative estimate of drug-likeness (QED) is 0.0446. The number of halogens is 1. The topological polar surface area (TPSA) is 352 Å². The van der Waals surface area contributed by atoms with E-state index in [-0.39, 0.29) is 92.2 Å². The highest BCUT2D eigenvalue weighted by molar-refractivity contribution is 6.32. The molecule has 2 aliphatic heterocycles. The van der Waals surface area contributed by atoms with Crippen molar-refractivity contribution in [2.75, 3.05) is 19.6 Å². The van der Waals surface area contributed by atoms with Gasteiger partial charge in [-0.05, 0) is 69.1 Å². The predicted molar refractivity (Wildman–Crippen MR) is 208 cm³/mol. The minimum Gasteiger partial charge on any atom is -0.508 e. The standard InChI is InChI=1S/C37H52ClN9O14/c1-19(48)42(59)16-4-7-25(39)32(52)46(31-28-15-14-24(38)30(37(57)58)45(28)36(31)56)29(22-10-12-23(51)13-11-22)35(55)47(33(53)26(40)8-5-17-43(60)20(2)49)34(54)27(41)9-6-18-44(61)21(3)50/h10-13,25-29,31,51,59-61H,4-9,14-18,39-41H2,1-3H3,(H,57,58)/t25-,26-,27-,28+,29-,31?/m0/s1. The summed E-state index contributed by atoms with van der Waals surface area (Å²) in [6.45, 7) is 2.33. The first kappa shape index (κ1) is 49.8. The maximum Gasteiger partial charge on any atom is 0.353 e. The van der Waals surface area contributed by atoms with Crippen LogP contribution in [0.25, 0.3) is 0 Å². The number of phenolic OH excluding ortho intramolecular Hbond substituents is 1. The van der Waals surface area contributed by atoms with Crippen LogP contribution in [0.3, 0.4) is 0 Å². The van der Waals surface area contributed by atoms with Crippen molar-refractivity contribution in [3.8, 4) is 5.75 Å². The van der Waals surface area contributed by atoms with Gasteiger partial charge in [-0.2, -0.15) is 0 Å². The highest BCUT2D eigenvalue weighted by Gasteiger charge is 2.59. The average Bonchev–Trinajstić information content (AvgIpc) is 3.20. The van der Waals surface area contributed by atoms with Crippen LogP contribution < -0.4 is 17.2 Å². The molecule has 23 nitrogen and oxygen atoms in total. The predicted octanol–water partition coefficient (Wildman–Crippen LogP) is -0.912. The van der Waals surface area contributed by atoms with E-state index in [4.69, 9.17) is 28.8 Å². The van der Waals surface area contributed by atoms with Crippen LogP contribution in [0.5, 0.6) is 5.75 Å². The Kier molecular flexibility index (Phi) is 17.8. The van der Waals surface area contributed by atoms with E-state index in [1.807, 2.05) is 0 Å². The molecule has 2 heterocycles. The molecule has 0 saturated carbocycles. The van der Waals surface area contributed by atoms with Gasteiger partial charge in [0, 0.05) is 45.4 Å². The number of carboxylic acids is 1. The number of allylic oxidation sites excluding steroid dienone is 1. The average molecular weight is 882 g/mol. The number of nitrogens with zero attached hydrogens (tertiary/aromatic N) is 6. The van der Waals surface area contributed by atoms with Gasteiger partial charge < -0.3 is 32.3 Å². The first-order valence-electron chi connectivity index (χ1n) is 19.2. The van der Waals surface area contributed by atoms with Crippen LogP contribution >= 0.6 is 11.6 Å². The summed E-state index contributed by atoms with van der Waals surface area (Å²) in [4.78, 5) is 121. The van der Waals surface area contributed by atoms with E-state index >= 15 is 4.79 Å². The number of benzene rings is 1. The Labute approximate surface area is 354 Å². The molecule has 1 unspecified atom stereocenters. The van der Waals surface area contributed by atoms with Gasteiger partial charge in [-0.1, -0.05) is 23.7 Å². The highest BCUT2D eigenvalue weighted by Crippen LogP contribution is 2.43. The van der Waals surface area contributed by atoms with Gasteiger partial charge in [0.1, 0.15) is 23.5 Å². The summed E-state index contributed by atoms with van der Waals surface area (Å²) in [7, 11) is 0. The molecule has 0 aliphatic carbocycles. The molecule has 1 aromatic rings. The second-order valence-electron chi connectivity index (χ2n) is 14.6. The fourth-order valence-electron chi connectivity index (χ4n) is 6.84. The number of imide groups is 3. The van der Waals surface area contributed by atoms with Crippen molar-refractivity contribution >= 4 is 64.8 Å². The van der Waals surface area contributed by atoms with E-state index in [2.05, 4.69) is 0 Å². The molecule has 61 heavy (non-hydrogen) atoms. The van der Waals surface area contributed by atoms with Gasteiger partial charge in [-0.25, -0.2) is 24.9 Å². The lowest BCUT2D eigenvalue weighted by atomic mass is 9.83. The first-order valence-corrected chi connectivity index (χ1v) is 19.6. The zero-order chi connectivity index (χ0) is 46.0. The van der Waals surface area contributed by atoms with Crippen molar-refractivity contribution in [2.45, 2.75) is 108 Å². The number of phenols is 1. The van der Waals surface area contributed by atoms with Gasteiger partial charge >= 0.3 is 5.97 Å². The van der Waals surface area contributed by atoms with Crippen LogP contribution in [-0.4, -0.2) is 159 Å². The summed E-state index contributed by atoms with van der Waals surface area (Å²) in [5.74, 6) is -10.4. The third-order valence-corrected chi connectivity index (χ3v) is 10.5. The number of carbonyl (C=O) groups is 9. The molecule has 6 atom stereocenters. The number of carboxylic acid groups (broad SMARTS) is 1. The number of aromatic hydroxyl groups is 1. The van der Waals surface area contributed by atoms with Crippen molar-refractivity contribution in [2.24, 2.45) is 17.2 Å². The largest absolute Gasteiger partial charge is 0.508 e. The summed E-state index contributed by atoms with van der Waals surface area (Å²) in [5.41, 5.74) is 18.1. The fourth-order valence-corrected chi connectivity index (χ4v) is 7.12. The van der Waals surface area contributed by atoms with Crippen LogP contribution in [-0.2, 0) is 43.2 Å². The highest BCUT2D eigenvalue weighted by atomic mass is 35.5. The zero-order valence-corrected chi connectivity index (χ0v) is 34.5. The smallest absolute Gasteiger partial charge is 0.353 e. The molecule has 1 fully saturated rings. The number of hydrogen-bond donors (Lipinski definition) is 8. The van der Waals surface area contributed by atoms with Crippen LogP contribution in [0.1, 0.15) is 83.7 Å². The maximum absolute atomic E-state index is 15.2. The number of aliphatic carboxylic acids is 1. The fraction of sp³-hybridized carbons (Fsp3) is 0.541. The molecule has 1 saturated heterocycles. The molecular weight excluding hydrogens is 830 g/mol. The van der Waals surface area contributed by atoms with Gasteiger partial charge in [0.15, 0.2) is 0 Å². The number of hydroxylamine groups is 6. The second-order valence-corrected chi connectivity index (χ2v) is 15.0. The van der Waals surface area contributed by atoms with E-state index in [1.54, 1.807) is 0 Å². The summed E-state index contributed by atoms with van der Waals surface area (Å²) < 4.78 is 0. The van der Waals surface area contributed by atoms with Crippen molar-refractivity contribution in [3.63, 3.8) is 0 Å². The minimum absolute atomic E-state index is 0.0266. The van der Waals surface area contributed by atoms with E-state index in [1.165, 1.54) is 0 Å². The van der Waals surface area contributed by atoms with E-state index in [0.717, 1.165) is 54.8 Å². The Bertz CT molecular complexity index is 1860. The molecule has 8 amide bonds. The number of carbonyl (C=O) groups excluding carboxylic acids is 8. The summed E-state index contributed by atoms with van der Waals surface area (Å²) in [6, 6.07) is -5.38. The van der Waals surface area contributed by atoms with Crippen molar-refractivity contribution in [1.82, 2.24) is 29.9 Å². The molecule has 0 spiro atoms. The number of rotatable bonds is 20. The summed E-state index contributed by atoms with van der Waals surface area (Å²) >= 11 is 6.22. The third-order valence-electron chi connectivity index (χ3n) is 10.2. The van der Waals surface area contributed by atoms with E-state index in [9.17, 15) is 64.2 Å². The molecule has 0 aromatic heterocycles. The van der Waals surface area contributed by atoms with Gasteiger partial charge in [0.05, 0.1) is 24.2 Å². The summed E-state index contributed by atoms with van der Waals surface area (Å²) in [6.07, 6.45) is -1.33. The van der Waals surface area contributed by atoms with Crippen molar-refractivity contribution in [1.29, 1.82) is 0 Å². The Morgan fingerprint density at radius 3 is 1.52 bits per heavy atom. The molecule has 0 radical (unpaired) electrons. The Morgan fingerprint density at radius 2 is 1.13 bits per heavy atom. The lowest BCUT2D eigenvalue weighted by Gasteiger charge is -2.54. The first-order chi connectivity index (χ1) is 28.5. The molecule has 3 rings (SSSR count). The molecule has 24 heteroatoms. The number of amides is 8. The van der Waals surface area contributed by atoms with Crippen molar-refractivity contribution in [3.05, 3.63) is 40.6 Å². The Balaban J connectivity index is 2.23. The molecule has 1 aromatic carbocycles.